The summed E-state index contributed by atoms with van der Waals surface area (Å²) in [6.45, 7) is 2.13. The maximum atomic E-state index is 10.8. The minimum atomic E-state index is -0.702. The molecule has 0 heterocycles. The maximum Gasteiger partial charge on any atom is 0.137 e. The lowest BCUT2D eigenvalue weighted by Crippen LogP contribution is -2.29. The van der Waals surface area contributed by atoms with E-state index in [1.54, 1.807) is 13.2 Å². The van der Waals surface area contributed by atoms with Crippen molar-refractivity contribution in [3.05, 3.63) is 28.8 Å². The molecule has 1 aliphatic carbocycles. The molecule has 1 fully saturated rings. The summed E-state index contributed by atoms with van der Waals surface area (Å²) in [4.78, 5) is 0. The molecule has 0 bridgehead atoms. The van der Waals surface area contributed by atoms with Crippen LogP contribution in [0, 0.1) is 5.92 Å². The summed E-state index contributed by atoms with van der Waals surface area (Å²) in [5, 5.41) is 11.4. The zero-order chi connectivity index (χ0) is 12.5. The zero-order valence-corrected chi connectivity index (χ0v) is 11.1. The standard InChI is InChI=1S/C14H19ClO2/c1-3-10-5-4-8-14(10,16)11-6-7-12(15)13(9-11)17-2/h6-7,9-10,16H,3-5,8H2,1-2H3. The quantitative estimate of drug-likeness (QED) is 0.890. The lowest BCUT2D eigenvalue weighted by atomic mass is 9.82. The van der Waals surface area contributed by atoms with Crippen LogP contribution in [-0.2, 0) is 5.60 Å². The van der Waals surface area contributed by atoms with E-state index >= 15 is 0 Å². The second-order valence-corrected chi connectivity index (χ2v) is 5.18. The molecule has 2 unspecified atom stereocenters. The van der Waals surface area contributed by atoms with E-state index in [1.807, 2.05) is 12.1 Å². The van der Waals surface area contributed by atoms with Crippen LogP contribution in [0.3, 0.4) is 0 Å². The molecule has 3 heteroatoms. The van der Waals surface area contributed by atoms with Gasteiger partial charge in [0.15, 0.2) is 0 Å². The van der Waals surface area contributed by atoms with Crippen molar-refractivity contribution in [2.45, 2.75) is 38.2 Å². The van der Waals surface area contributed by atoms with Crippen molar-refractivity contribution in [1.82, 2.24) is 0 Å². The Bertz CT molecular complexity index is 405. The van der Waals surface area contributed by atoms with Gasteiger partial charge in [-0.1, -0.05) is 31.0 Å². The van der Waals surface area contributed by atoms with Crippen LogP contribution in [0.5, 0.6) is 5.75 Å². The molecule has 0 amide bonds. The Hall–Kier alpha value is -0.730. The Morgan fingerprint density at radius 1 is 1.53 bits per heavy atom. The monoisotopic (exact) mass is 254 g/mol. The smallest absolute Gasteiger partial charge is 0.137 e. The Labute approximate surface area is 108 Å². The summed E-state index contributed by atoms with van der Waals surface area (Å²) in [5.41, 5.74) is 0.232. The zero-order valence-electron chi connectivity index (χ0n) is 10.4. The molecular weight excluding hydrogens is 236 g/mol. The van der Waals surface area contributed by atoms with Gasteiger partial charge < -0.3 is 9.84 Å². The third-order valence-electron chi connectivity index (χ3n) is 3.93. The highest BCUT2D eigenvalue weighted by Crippen LogP contribution is 2.46. The number of halogens is 1. The third-order valence-corrected chi connectivity index (χ3v) is 4.24. The first-order valence-corrected chi connectivity index (χ1v) is 6.56. The fourth-order valence-corrected chi connectivity index (χ4v) is 3.11. The van der Waals surface area contributed by atoms with Crippen LogP contribution in [0.15, 0.2) is 18.2 Å². The molecule has 0 aliphatic heterocycles. The van der Waals surface area contributed by atoms with E-state index in [4.69, 9.17) is 16.3 Å². The summed E-state index contributed by atoms with van der Waals surface area (Å²) in [6, 6.07) is 5.59. The maximum absolute atomic E-state index is 10.8. The predicted molar refractivity (Wildman–Crippen MR) is 69.5 cm³/mol. The molecule has 1 saturated carbocycles. The Balaban J connectivity index is 2.39. The molecule has 17 heavy (non-hydrogen) atoms. The van der Waals surface area contributed by atoms with E-state index in [9.17, 15) is 5.11 Å². The van der Waals surface area contributed by atoms with Gasteiger partial charge in [0, 0.05) is 0 Å². The summed E-state index contributed by atoms with van der Waals surface area (Å²) < 4.78 is 5.22. The van der Waals surface area contributed by atoms with Gasteiger partial charge in [-0.05, 0) is 42.9 Å². The molecule has 1 aliphatic rings. The molecule has 0 spiro atoms. The number of hydrogen-bond donors (Lipinski definition) is 1. The first-order chi connectivity index (χ1) is 8.11. The average molecular weight is 255 g/mol. The van der Waals surface area contributed by atoms with Crippen LogP contribution in [0.4, 0.5) is 0 Å². The van der Waals surface area contributed by atoms with Crippen molar-refractivity contribution in [2.24, 2.45) is 5.92 Å². The molecule has 94 valence electrons. The second kappa shape index (κ2) is 4.87. The van der Waals surface area contributed by atoms with Crippen LogP contribution in [0.25, 0.3) is 0 Å². The molecule has 0 saturated heterocycles. The average Bonchev–Trinajstić information content (AvgIpc) is 2.72. The lowest BCUT2D eigenvalue weighted by molar-refractivity contribution is -0.00403. The first-order valence-electron chi connectivity index (χ1n) is 6.18. The van der Waals surface area contributed by atoms with E-state index in [1.165, 1.54) is 0 Å². The summed E-state index contributed by atoms with van der Waals surface area (Å²) in [7, 11) is 1.60. The van der Waals surface area contributed by atoms with Gasteiger partial charge in [-0.2, -0.15) is 0 Å². The van der Waals surface area contributed by atoms with Crippen LogP contribution >= 0.6 is 11.6 Å². The number of hydrogen-bond acceptors (Lipinski definition) is 2. The molecule has 2 atom stereocenters. The van der Waals surface area contributed by atoms with Gasteiger partial charge in [-0.25, -0.2) is 0 Å². The van der Waals surface area contributed by atoms with E-state index in [0.717, 1.165) is 31.2 Å². The fraction of sp³-hybridized carbons (Fsp3) is 0.571. The Kier molecular flexibility index (Phi) is 3.64. The number of ether oxygens (including phenoxy) is 1. The topological polar surface area (TPSA) is 29.5 Å². The van der Waals surface area contributed by atoms with Crippen molar-refractivity contribution in [1.29, 1.82) is 0 Å². The van der Waals surface area contributed by atoms with Crippen molar-refractivity contribution in [3.8, 4) is 5.75 Å². The van der Waals surface area contributed by atoms with Crippen LogP contribution < -0.4 is 4.74 Å². The molecular formula is C14H19ClO2. The summed E-state index contributed by atoms with van der Waals surface area (Å²) in [5.74, 6) is 0.979. The molecule has 0 aromatic heterocycles. The number of methoxy groups -OCH3 is 1. The predicted octanol–water partition coefficient (Wildman–Crippen LogP) is 3.75. The van der Waals surface area contributed by atoms with E-state index in [2.05, 4.69) is 6.92 Å². The van der Waals surface area contributed by atoms with Crippen molar-refractivity contribution in [2.75, 3.05) is 7.11 Å². The second-order valence-electron chi connectivity index (χ2n) is 4.77. The summed E-state index contributed by atoms with van der Waals surface area (Å²) in [6.07, 6.45) is 4.01. The minimum absolute atomic E-state index is 0.341. The Morgan fingerprint density at radius 2 is 2.29 bits per heavy atom. The van der Waals surface area contributed by atoms with Gasteiger partial charge in [-0.15, -0.1) is 0 Å². The molecule has 1 N–H and O–H groups in total. The van der Waals surface area contributed by atoms with Gasteiger partial charge in [-0.3, -0.25) is 0 Å². The number of benzene rings is 1. The van der Waals surface area contributed by atoms with Crippen LogP contribution in [0.1, 0.15) is 38.2 Å². The molecule has 1 aromatic carbocycles. The van der Waals surface area contributed by atoms with Gasteiger partial charge >= 0.3 is 0 Å². The molecule has 2 rings (SSSR count). The van der Waals surface area contributed by atoms with Gasteiger partial charge in [0.25, 0.3) is 0 Å². The minimum Gasteiger partial charge on any atom is -0.495 e. The molecule has 1 aromatic rings. The third kappa shape index (κ3) is 2.16. The van der Waals surface area contributed by atoms with Gasteiger partial charge in [0.1, 0.15) is 5.75 Å². The van der Waals surface area contributed by atoms with Gasteiger partial charge in [0.2, 0.25) is 0 Å². The fourth-order valence-electron chi connectivity index (χ4n) is 2.91. The van der Waals surface area contributed by atoms with E-state index in [0.29, 0.717) is 16.7 Å². The van der Waals surface area contributed by atoms with Gasteiger partial charge in [0.05, 0.1) is 17.7 Å². The lowest BCUT2D eigenvalue weighted by Gasteiger charge is -2.30. The van der Waals surface area contributed by atoms with Crippen LogP contribution in [0.2, 0.25) is 5.02 Å². The highest BCUT2D eigenvalue weighted by atomic mass is 35.5. The van der Waals surface area contributed by atoms with Crippen molar-refractivity contribution in [3.63, 3.8) is 0 Å². The van der Waals surface area contributed by atoms with E-state index in [-0.39, 0.29) is 0 Å². The Morgan fingerprint density at radius 3 is 2.94 bits per heavy atom. The highest BCUT2D eigenvalue weighted by Gasteiger charge is 2.41. The summed E-state index contributed by atoms with van der Waals surface area (Å²) >= 11 is 6.01. The van der Waals surface area contributed by atoms with Crippen molar-refractivity contribution >= 4 is 11.6 Å². The van der Waals surface area contributed by atoms with E-state index < -0.39 is 5.60 Å². The number of rotatable bonds is 3. The molecule has 0 radical (unpaired) electrons. The van der Waals surface area contributed by atoms with Crippen LogP contribution in [-0.4, -0.2) is 12.2 Å². The highest BCUT2D eigenvalue weighted by molar-refractivity contribution is 6.32. The first kappa shape index (κ1) is 12.7. The molecule has 2 nitrogen and oxygen atoms in total. The normalized spacial score (nSPS) is 28.4. The van der Waals surface area contributed by atoms with Crippen molar-refractivity contribution < 1.29 is 9.84 Å². The largest absolute Gasteiger partial charge is 0.495 e. The number of aliphatic hydroxyl groups is 1. The SMILES string of the molecule is CCC1CCCC1(O)c1ccc(Cl)c(OC)c1.